The Bertz CT molecular complexity index is 487. The van der Waals surface area contributed by atoms with Gasteiger partial charge in [0, 0.05) is 18.9 Å². The van der Waals surface area contributed by atoms with E-state index in [-0.39, 0.29) is 6.61 Å². The number of rotatable bonds is 6. The number of hydrogen-bond acceptors (Lipinski definition) is 6. The molecule has 7 heteroatoms. The first-order valence-corrected chi connectivity index (χ1v) is 6.52. The molecule has 0 spiro atoms. The summed E-state index contributed by atoms with van der Waals surface area (Å²) in [5.74, 6) is 1.44. The Labute approximate surface area is 103 Å². The van der Waals surface area contributed by atoms with Gasteiger partial charge in [-0.1, -0.05) is 0 Å². The van der Waals surface area contributed by atoms with Crippen molar-refractivity contribution in [2.75, 3.05) is 24.2 Å². The fourth-order valence-electron chi connectivity index (χ4n) is 1.39. The molecule has 0 saturated carbocycles. The molecule has 0 amide bonds. The van der Waals surface area contributed by atoms with Crippen molar-refractivity contribution >= 4 is 28.7 Å². The summed E-state index contributed by atoms with van der Waals surface area (Å²) >= 11 is 1.61. The molecule has 3 N–H and O–H groups in total. The van der Waals surface area contributed by atoms with Gasteiger partial charge >= 0.3 is 0 Å². The van der Waals surface area contributed by atoms with Gasteiger partial charge in [-0.25, -0.2) is 4.98 Å². The highest BCUT2D eigenvalue weighted by Crippen LogP contribution is 2.25. The standard InChI is InChI=1S/C10H15N5OS/c1-2-11-10-13-8-7(6-12-15-8)9(14-10)17-5-3-4-16/h6,16H,2-5H2,1H3,(H2,11,12,13,14,15). The minimum Gasteiger partial charge on any atom is -0.396 e. The molecule has 0 atom stereocenters. The lowest BCUT2D eigenvalue weighted by Gasteiger charge is -2.05. The Morgan fingerprint density at radius 2 is 2.35 bits per heavy atom. The van der Waals surface area contributed by atoms with Crippen LogP contribution in [0, 0.1) is 0 Å². The first-order chi connectivity index (χ1) is 8.35. The molecule has 0 aliphatic rings. The number of aliphatic hydroxyl groups excluding tert-OH is 1. The van der Waals surface area contributed by atoms with Crippen LogP contribution in [0.1, 0.15) is 13.3 Å². The summed E-state index contributed by atoms with van der Waals surface area (Å²) in [6, 6.07) is 0. The molecule has 17 heavy (non-hydrogen) atoms. The van der Waals surface area contributed by atoms with Gasteiger partial charge in [-0.15, -0.1) is 11.8 Å². The zero-order chi connectivity index (χ0) is 12.1. The van der Waals surface area contributed by atoms with Crippen LogP contribution in [-0.4, -0.2) is 44.2 Å². The van der Waals surface area contributed by atoms with Gasteiger partial charge in [-0.2, -0.15) is 10.1 Å². The summed E-state index contributed by atoms with van der Waals surface area (Å²) in [6.45, 7) is 2.98. The van der Waals surface area contributed by atoms with Crippen molar-refractivity contribution in [3.05, 3.63) is 6.20 Å². The van der Waals surface area contributed by atoms with Crippen LogP contribution in [0.3, 0.4) is 0 Å². The van der Waals surface area contributed by atoms with Crippen molar-refractivity contribution in [1.29, 1.82) is 0 Å². The predicted molar refractivity (Wildman–Crippen MR) is 68.3 cm³/mol. The van der Waals surface area contributed by atoms with Gasteiger partial charge in [0.05, 0.1) is 11.6 Å². The number of anilines is 1. The maximum absolute atomic E-state index is 8.78. The zero-order valence-corrected chi connectivity index (χ0v) is 10.4. The van der Waals surface area contributed by atoms with Crippen LogP contribution in [0.15, 0.2) is 11.2 Å². The fourth-order valence-corrected chi connectivity index (χ4v) is 2.31. The number of aliphatic hydroxyl groups is 1. The maximum Gasteiger partial charge on any atom is 0.225 e. The molecule has 6 nitrogen and oxygen atoms in total. The van der Waals surface area contributed by atoms with E-state index < -0.39 is 0 Å². The highest BCUT2D eigenvalue weighted by atomic mass is 32.2. The zero-order valence-electron chi connectivity index (χ0n) is 9.60. The van der Waals surface area contributed by atoms with Gasteiger partial charge in [0.15, 0.2) is 5.65 Å². The summed E-state index contributed by atoms with van der Waals surface area (Å²) in [4.78, 5) is 8.74. The largest absolute Gasteiger partial charge is 0.396 e. The summed E-state index contributed by atoms with van der Waals surface area (Å²) in [5, 5.41) is 20.5. The third kappa shape index (κ3) is 2.86. The summed E-state index contributed by atoms with van der Waals surface area (Å²) in [5.41, 5.74) is 0.738. The molecule has 0 aliphatic carbocycles. The number of aromatic amines is 1. The topological polar surface area (TPSA) is 86.7 Å². The van der Waals surface area contributed by atoms with Crippen molar-refractivity contribution in [3.63, 3.8) is 0 Å². The van der Waals surface area contributed by atoms with E-state index in [1.807, 2.05) is 6.92 Å². The molecule has 0 fully saturated rings. The lowest BCUT2D eigenvalue weighted by molar-refractivity contribution is 0.296. The first-order valence-electron chi connectivity index (χ1n) is 5.53. The molecule has 0 unspecified atom stereocenters. The molecular weight excluding hydrogens is 238 g/mol. The molecule has 2 heterocycles. The number of thioether (sulfide) groups is 1. The van der Waals surface area contributed by atoms with Gasteiger partial charge in [0.25, 0.3) is 0 Å². The third-order valence-corrected chi connectivity index (χ3v) is 3.23. The van der Waals surface area contributed by atoms with E-state index in [1.54, 1.807) is 18.0 Å². The lowest BCUT2D eigenvalue weighted by atomic mass is 10.4. The second kappa shape index (κ2) is 5.83. The third-order valence-electron chi connectivity index (χ3n) is 2.15. The Kier molecular flexibility index (Phi) is 4.16. The van der Waals surface area contributed by atoms with E-state index in [0.29, 0.717) is 5.95 Å². The second-order valence-corrected chi connectivity index (χ2v) is 4.52. The molecule has 0 saturated heterocycles. The smallest absolute Gasteiger partial charge is 0.225 e. The Hall–Kier alpha value is -1.34. The Morgan fingerprint density at radius 3 is 3.12 bits per heavy atom. The minimum atomic E-state index is 0.201. The van der Waals surface area contributed by atoms with E-state index in [0.717, 1.165) is 34.8 Å². The first kappa shape index (κ1) is 12.1. The molecule has 0 aromatic carbocycles. The molecule has 2 aromatic rings. The van der Waals surface area contributed by atoms with E-state index in [4.69, 9.17) is 5.11 Å². The SMILES string of the molecule is CCNc1nc(SCCCO)c2cn[nH]c2n1. The fraction of sp³-hybridized carbons (Fsp3) is 0.500. The van der Waals surface area contributed by atoms with Gasteiger partial charge < -0.3 is 10.4 Å². The highest BCUT2D eigenvalue weighted by molar-refractivity contribution is 7.99. The van der Waals surface area contributed by atoms with Crippen molar-refractivity contribution in [2.24, 2.45) is 0 Å². The average Bonchev–Trinajstić information content (AvgIpc) is 2.78. The highest BCUT2D eigenvalue weighted by Gasteiger charge is 2.09. The van der Waals surface area contributed by atoms with Gasteiger partial charge in [-0.05, 0) is 13.3 Å². The number of hydrogen-bond donors (Lipinski definition) is 3. The van der Waals surface area contributed by atoms with Crippen LogP contribution in [0.4, 0.5) is 5.95 Å². The maximum atomic E-state index is 8.78. The molecule has 0 bridgehead atoms. The van der Waals surface area contributed by atoms with Crippen LogP contribution < -0.4 is 5.32 Å². The normalized spacial score (nSPS) is 10.9. The van der Waals surface area contributed by atoms with E-state index >= 15 is 0 Å². The molecular formula is C10H15N5OS. The number of fused-ring (bicyclic) bond motifs is 1. The molecule has 2 rings (SSSR count). The number of aromatic nitrogens is 4. The van der Waals surface area contributed by atoms with Crippen LogP contribution in [0.25, 0.3) is 11.0 Å². The number of nitrogens with zero attached hydrogens (tertiary/aromatic N) is 3. The summed E-state index contributed by atoms with van der Waals surface area (Å²) < 4.78 is 0. The van der Waals surface area contributed by atoms with E-state index in [9.17, 15) is 0 Å². The minimum absolute atomic E-state index is 0.201. The van der Waals surface area contributed by atoms with E-state index in [2.05, 4.69) is 25.5 Å². The average molecular weight is 253 g/mol. The lowest BCUT2D eigenvalue weighted by Crippen LogP contribution is -2.03. The molecule has 2 aromatic heterocycles. The number of nitrogens with one attached hydrogen (secondary N) is 2. The molecule has 0 radical (unpaired) electrons. The second-order valence-electron chi connectivity index (χ2n) is 3.44. The van der Waals surface area contributed by atoms with Crippen molar-refractivity contribution < 1.29 is 5.11 Å². The van der Waals surface area contributed by atoms with Crippen molar-refractivity contribution in [3.8, 4) is 0 Å². The van der Waals surface area contributed by atoms with E-state index in [1.165, 1.54) is 0 Å². The summed E-state index contributed by atoms with van der Waals surface area (Å²) in [7, 11) is 0. The van der Waals surface area contributed by atoms with Crippen LogP contribution in [0.5, 0.6) is 0 Å². The summed E-state index contributed by atoms with van der Waals surface area (Å²) in [6.07, 6.45) is 2.48. The molecule has 92 valence electrons. The Balaban J connectivity index is 2.26. The van der Waals surface area contributed by atoms with Gasteiger partial charge in [0.1, 0.15) is 5.03 Å². The molecule has 0 aliphatic heterocycles. The van der Waals surface area contributed by atoms with Crippen LogP contribution in [0.2, 0.25) is 0 Å². The number of H-pyrrole nitrogens is 1. The Morgan fingerprint density at radius 1 is 1.47 bits per heavy atom. The van der Waals surface area contributed by atoms with Crippen LogP contribution >= 0.6 is 11.8 Å². The predicted octanol–water partition coefficient (Wildman–Crippen LogP) is 1.26. The van der Waals surface area contributed by atoms with Crippen molar-refractivity contribution in [1.82, 2.24) is 20.2 Å². The van der Waals surface area contributed by atoms with Crippen LogP contribution in [-0.2, 0) is 0 Å². The van der Waals surface area contributed by atoms with Crippen molar-refractivity contribution in [2.45, 2.75) is 18.4 Å². The quantitative estimate of drug-likeness (QED) is 0.408. The van der Waals surface area contributed by atoms with Gasteiger partial charge in [-0.3, -0.25) is 5.10 Å². The van der Waals surface area contributed by atoms with Gasteiger partial charge in [0.2, 0.25) is 5.95 Å². The monoisotopic (exact) mass is 253 g/mol.